The van der Waals surface area contributed by atoms with Gasteiger partial charge in [-0.1, -0.05) is 60.6 Å². The molecule has 20 heavy (non-hydrogen) atoms. The fourth-order valence-corrected chi connectivity index (χ4v) is 3.33. The molecule has 0 amide bonds. The van der Waals surface area contributed by atoms with E-state index in [1.165, 1.54) is 25.7 Å². The van der Waals surface area contributed by atoms with Gasteiger partial charge in [0.2, 0.25) is 0 Å². The summed E-state index contributed by atoms with van der Waals surface area (Å²) < 4.78 is 5.43. The molecule has 0 atom stereocenters. The van der Waals surface area contributed by atoms with Gasteiger partial charge in [0.25, 0.3) is 0 Å². The number of hydrogen-bond acceptors (Lipinski definition) is 3. The summed E-state index contributed by atoms with van der Waals surface area (Å²) in [5, 5.41) is 4.61. The molecule has 4 heteroatoms. The van der Waals surface area contributed by atoms with Crippen LogP contribution < -0.4 is 5.73 Å². The Kier molecular flexibility index (Phi) is 3.97. The Labute approximate surface area is 124 Å². The van der Waals surface area contributed by atoms with Gasteiger partial charge in [0, 0.05) is 17.0 Å². The van der Waals surface area contributed by atoms with E-state index in [0.29, 0.717) is 10.8 Å². The van der Waals surface area contributed by atoms with Crippen molar-refractivity contribution in [3.05, 3.63) is 35.0 Å². The molecule has 1 aliphatic rings. The van der Waals surface area contributed by atoms with Crippen LogP contribution in [0.15, 0.2) is 28.8 Å². The number of aromatic nitrogens is 1. The van der Waals surface area contributed by atoms with Crippen LogP contribution in [0.1, 0.15) is 37.9 Å². The lowest BCUT2D eigenvalue weighted by atomic mass is 9.97. The number of benzene rings is 1. The van der Waals surface area contributed by atoms with E-state index in [1.807, 2.05) is 24.3 Å². The van der Waals surface area contributed by atoms with Crippen LogP contribution in [-0.2, 0) is 6.42 Å². The van der Waals surface area contributed by atoms with Crippen LogP contribution in [0, 0.1) is 5.92 Å². The Morgan fingerprint density at radius 1 is 1.25 bits per heavy atom. The zero-order chi connectivity index (χ0) is 13.9. The van der Waals surface area contributed by atoms with Crippen LogP contribution in [0.3, 0.4) is 0 Å². The van der Waals surface area contributed by atoms with Crippen molar-refractivity contribution >= 4 is 17.4 Å². The summed E-state index contributed by atoms with van der Waals surface area (Å²) in [6.45, 7) is 0. The smallest absolute Gasteiger partial charge is 0.175 e. The van der Waals surface area contributed by atoms with Gasteiger partial charge < -0.3 is 10.3 Å². The topological polar surface area (TPSA) is 52.0 Å². The summed E-state index contributed by atoms with van der Waals surface area (Å²) in [6, 6.07) is 7.69. The van der Waals surface area contributed by atoms with Crippen LogP contribution >= 0.6 is 11.6 Å². The molecule has 1 fully saturated rings. The molecule has 1 aliphatic carbocycles. The maximum absolute atomic E-state index is 6.26. The maximum Gasteiger partial charge on any atom is 0.175 e. The SMILES string of the molecule is Nc1noc(CCC2CCCC2)c1-c1ccccc1Cl. The van der Waals surface area contributed by atoms with E-state index in [9.17, 15) is 0 Å². The number of anilines is 1. The third-order valence-electron chi connectivity index (χ3n) is 4.19. The van der Waals surface area contributed by atoms with Crippen LogP contribution in [0.4, 0.5) is 5.82 Å². The lowest BCUT2D eigenvalue weighted by molar-refractivity contribution is 0.370. The summed E-state index contributed by atoms with van der Waals surface area (Å²) in [7, 11) is 0. The first-order chi connectivity index (χ1) is 9.75. The molecule has 1 aromatic heterocycles. The van der Waals surface area contributed by atoms with Gasteiger partial charge in [-0.05, 0) is 18.4 Å². The summed E-state index contributed by atoms with van der Waals surface area (Å²) in [6.07, 6.45) is 7.43. The van der Waals surface area contributed by atoms with E-state index in [-0.39, 0.29) is 0 Å². The van der Waals surface area contributed by atoms with Crippen molar-refractivity contribution in [1.29, 1.82) is 0 Å². The Morgan fingerprint density at radius 3 is 2.75 bits per heavy atom. The molecule has 2 aromatic rings. The van der Waals surface area contributed by atoms with Gasteiger partial charge in [-0.2, -0.15) is 0 Å². The molecule has 0 unspecified atom stereocenters. The van der Waals surface area contributed by atoms with Gasteiger partial charge in [-0.15, -0.1) is 0 Å². The van der Waals surface area contributed by atoms with Crippen molar-refractivity contribution in [1.82, 2.24) is 5.16 Å². The first-order valence-corrected chi connectivity index (χ1v) is 7.62. The average molecular weight is 291 g/mol. The molecule has 1 saturated carbocycles. The molecule has 3 nitrogen and oxygen atoms in total. The highest BCUT2D eigenvalue weighted by Crippen LogP contribution is 2.36. The minimum Gasteiger partial charge on any atom is -0.380 e. The van der Waals surface area contributed by atoms with Gasteiger partial charge in [-0.25, -0.2) is 0 Å². The normalized spacial score (nSPS) is 15.8. The van der Waals surface area contributed by atoms with Crippen molar-refractivity contribution in [3.8, 4) is 11.1 Å². The first-order valence-electron chi connectivity index (χ1n) is 7.24. The zero-order valence-corrected chi connectivity index (χ0v) is 12.2. The van der Waals surface area contributed by atoms with Crippen molar-refractivity contribution in [2.45, 2.75) is 38.5 Å². The fourth-order valence-electron chi connectivity index (χ4n) is 3.10. The van der Waals surface area contributed by atoms with E-state index in [2.05, 4.69) is 5.16 Å². The number of nitrogens with zero attached hydrogens (tertiary/aromatic N) is 1. The van der Waals surface area contributed by atoms with Crippen molar-refractivity contribution in [2.24, 2.45) is 5.92 Å². The Bertz CT molecular complexity index is 588. The Morgan fingerprint density at radius 2 is 2.00 bits per heavy atom. The number of halogens is 1. The minimum atomic E-state index is 0.430. The zero-order valence-electron chi connectivity index (χ0n) is 11.4. The van der Waals surface area contributed by atoms with E-state index < -0.39 is 0 Å². The van der Waals surface area contributed by atoms with Gasteiger partial charge >= 0.3 is 0 Å². The third-order valence-corrected chi connectivity index (χ3v) is 4.52. The van der Waals surface area contributed by atoms with E-state index in [4.69, 9.17) is 21.9 Å². The molecular formula is C16H19ClN2O. The molecule has 0 aliphatic heterocycles. The van der Waals surface area contributed by atoms with Crippen molar-refractivity contribution in [3.63, 3.8) is 0 Å². The minimum absolute atomic E-state index is 0.430. The summed E-state index contributed by atoms with van der Waals surface area (Å²) >= 11 is 6.26. The number of aryl methyl sites for hydroxylation is 1. The van der Waals surface area contributed by atoms with Crippen molar-refractivity contribution < 1.29 is 4.52 Å². The molecule has 0 spiro atoms. The number of hydrogen-bond donors (Lipinski definition) is 1. The van der Waals surface area contributed by atoms with Gasteiger partial charge in [0.05, 0.1) is 5.56 Å². The fraction of sp³-hybridized carbons (Fsp3) is 0.438. The molecule has 3 rings (SSSR count). The monoisotopic (exact) mass is 290 g/mol. The van der Waals surface area contributed by atoms with Crippen LogP contribution in [0.2, 0.25) is 5.02 Å². The lowest BCUT2D eigenvalue weighted by Crippen LogP contribution is -1.97. The molecule has 0 radical (unpaired) electrons. The quantitative estimate of drug-likeness (QED) is 0.888. The standard InChI is InChI=1S/C16H19ClN2O/c17-13-8-4-3-7-12(13)15-14(20-19-16(15)18)10-9-11-5-1-2-6-11/h3-4,7-8,11H,1-2,5-6,9-10H2,(H2,18,19). The highest BCUT2D eigenvalue weighted by atomic mass is 35.5. The molecule has 106 valence electrons. The Hall–Kier alpha value is -1.48. The highest BCUT2D eigenvalue weighted by Gasteiger charge is 2.20. The second kappa shape index (κ2) is 5.88. The number of nitrogens with two attached hydrogens (primary N) is 1. The van der Waals surface area contributed by atoms with Gasteiger partial charge in [0.15, 0.2) is 5.82 Å². The molecule has 2 N–H and O–H groups in total. The second-order valence-electron chi connectivity index (χ2n) is 5.53. The van der Waals surface area contributed by atoms with Crippen LogP contribution in [0.5, 0.6) is 0 Å². The van der Waals surface area contributed by atoms with E-state index in [0.717, 1.165) is 35.6 Å². The van der Waals surface area contributed by atoms with Gasteiger partial charge in [-0.3, -0.25) is 0 Å². The molecule has 0 bridgehead atoms. The maximum atomic E-state index is 6.26. The van der Waals surface area contributed by atoms with E-state index >= 15 is 0 Å². The van der Waals surface area contributed by atoms with E-state index in [1.54, 1.807) is 0 Å². The second-order valence-corrected chi connectivity index (χ2v) is 5.94. The number of rotatable bonds is 4. The summed E-state index contributed by atoms with van der Waals surface area (Å²) in [4.78, 5) is 0. The van der Waals surface area contributed by atoms with Crippen LogP contribution in [0.25, 0.3) is 11.1 Å². The molecule has 1 heterocycles. The third kappa shape index (κ3) is 2.68. The lowest BCUT2D eigenvalue weighted by Gasteiger charge is -2.08. The van der Waals surface area contributed by atoms with Crippen molar-refractivity contribution in [2.75, 3.05) is 5.73 Å². The highest BCUT2D eigenvalue weighted by molar-refractivity contribution is 6.33. The molecular weight excluding hydrogens is 272 g/mol. The first kappa shape index (κ1) is 13.5. The van der Waals surface area contributed by atoms with Gasteiger partial charge in [0.1, 0.15) is 5.76 Å². The number of nitrogen functional groups attached to an aromatic ring is 1. The predicted octanol–water partition coefficient (Wildman–Crippen LogP) is 4.70. The van der Waals surface area contributed by atoms with Crippen LogP contribution in [-0.4, -0.2) is 5.16 Å². The molecule has 0 saturated heterocycles. The predicted molar refractivity (Wildman–Crippen MR) is 81.6 cm³/mol. The summed E-state index contributed by atoms with van der Waals surface area (Å²) in [5.74, 6) is 2.11. The Balaban J connectivity index is 1.84. The summed E-state index contributed by atoms with van der Waals surface area (Å²) in [5.41, 5.74) is 7.74. The average Bonchev–Trinajstić information content (AvgIpc) is 3.07. The molecule has 1 aromatic carbocycles. The largest absolute Gasteiger partial charge is 0.380 e.